The van der Waals surface area contributed by atoms with E-state index in [1.807, 2.05) is 6.92 Å². The molecule has 1 unspecified atom stereocenters. The van der Waals surface area contributed by atoms with Gasteiger partial charge < -0.3 is 14.7 Å². The Balaban J connectivity index is 2.32. The summed E-state index contributed by atoms with van der Waals surface area (Å²) in [5.41, 5.74) is 0.432. The number of nitrogens with zero attached hydrogens (tertiary/aromatic N) is 1. The maximum atomic E-state index is 13.2. The van der Waals surface area contributed by atoms with Gasteiger partial charge in [0.25, 0.3) is 5.91 Å². The molecule has 1 N–H and O–H groups in total. The lowest BCUT2D eigenvalue weighted by Gasteiger charge is -2.30. The molecule has 1 aromatic carbocycles. The highest BCUT2D eigenvalue weighted by molar-refractivity contribution is 5.97. The number of halogens is 1. The van der Waals surface area contributed by atoms with Gasteiger partial charge in [-0.3, -0.25) is 4.79 Å². The number of carbonyl (C=O) groups excluding carboxylic acids is 1. The third kappa shape index (κ3) is 2.39. The zero-order chi connectivity index (χ0) is 12.4. The highest BCUT2D eigenvalue weighted by Crippen LogP contribution is 2.32. The third-order valence-electron chi connectivity index (χ3n) is 2.67. The van der Waals surface area contributed by atoms with Gasteiger partial charge in [-0.05, 0) is 18.1 Å². The lowest BCUT2D eigenvalue weighted by molar-refractivity contribution is -0.121. The van der Waals surface area contributed by atoms with Crippen LogP contribution in [0.1, 0.15) is 6.92 Å². The fraction of sp³-hybridized carbons (Fsp3) is 0.417. The number of ether oxygens (including phenoxy) is 1. The molecule has 1 heterocycles. The lowest BCUT2D eigenvalue weighted by Crippen LogP contribution is -2.41. The molecule has 1 aromatic rings. The topological polar surface area (TPSA) is 49.8 Å². The van der Waals surface area contributed by atoms with E-state index in [0.717, 1.165) is 0 Å². The molecule has 92 valence electrons. The molecule has 0 saturated heterocycles. The largest absolute Gasteiger partial charge is 0.482 e. The summed E-state index contributed by atoms with van der Waals surface area (Å²) < 4.78 is 18.4. The van der Waals surface area contributed by atoms with E-state index >= 15 is 0 Å². The van der Waals surface area contributed by atoms with E-state index < -0.39 is 5.82 Å². The number of aliphatic hydroxyl groups excluding tert-OH is 1. The van der Waals surface area contributed by atoms with Crippen LogP contribution in [0, 0.1) is 11.7 Å². The van der Waals surface area contributed by atoms with Crippen molar-refractivity contribution < 1.29 is 19.0 Å². The fourth-order valence-electron chi connectivity index (χ4n) is 1.74. The number of hydrogen-bond donors (Lipinski definition) is 1. The highest BCUT2D eigenvalue weighted by atomic mass is 19.1. The number of fused-ring (bicyclic) bond motifs is 1. The van der Waals surface area contributed by atoms with E-state index in [-0.39, 0.29) is 25.0 Å². The molecule has 0 saturated carbocycles. The number of hydrogen-bond acceptors (Lipinski definition) is 3. The Morgan fingerprint density at radius 2 is 2.35 bits per heavy atom. The molecule has 2 rings (SSSR count). The number of aliphatic hydroxyl groups is 1. The molecular formula is C12H14FNO3. The van der Waals surface area contributed by atoms with E-state index in [1.165, 1.54) is 23.1 Å². The van der Waals surface area contributed by atoms with Gasteiger partial charge in [-0.15, -0.1) is 0 Å². The number of amides is 1. The molecular weight excluding hydrogens is 225 g/mol. The predicted molar refractivity (Wildman–Crippen MR) is 60.5 cm³/mol. The summed E-state index contributed by atoms with van der Waals surface area (Å²) in [6, 6.07) is 4.08. The van der Waals surface area contributed by atoms with Gasteiger partial charge in [0.05, 0.1) is 5.69 Å². The summed E-state index contributed by atoms with van der Waals surface area (Å²) in [6.45, 7) is 2.11. The van der Waals surface area contributed by atoms with Crippen molar-refractivity contribution in [2.75, 3.05) is 24.7 Å². The Morgan fingerprint density at radius 3 is 3.06 bits per heavy atom. The Labute approximate surface area is 98.6 Å². The first-order valence-corrected chi connectivity index (χ1v) is 5.45. The molecule has 5 heteroatoms. The molecule has 17 heavy (non-hydrogen) atoms. The first-order valence-electron chi connectivity index (χ1n) is 5.45. The maximum absolute atomic E-state index is 13.2. The van der Waals surface area contributed by atoms with Gasteiger partial charge >= 0.3 is 0 Å². The zero-order valence-corrected chi connectivity index (χ0v) is 9.52. The average molecular weight is 239 g/mol. The third-order valence-corrected chi connectivity index (χ3v) is 2.67. The monoisotopic (exact) mass is 239 g/mol. The van der Waals surface area contributed by atoms with Crippen LogP contribution in [-0.2, 0) is 4.79 Å². The molecule has 1 amide bonds. The van der Waals surface area contributed by atoms with E-state index in [2.05, 4.69) is 0 Å². The summed E-state index contributed by atoms with van der Waals surface area (Å²) in [5.74, 6) is -0.198. The van der Waals surface area contributed by atoms with Gasteiger partial charge in [-0.2, -0.15) is 0 Å². The Morgan fingerprint density at radius 1 is 1.59 bits per heavy atom. The molecule has 0 bridgehead atoms. The van der Waals surface area contributed by atoms with Crippen LogP contribution in [0.15, 0.2) is 18.2 Å². The van der Waals surface area contributed by atoms with E-state index in [9.17, 15) is 9.18 Å². The smallest absolute Gasteiger partial charge is 0.265 e. The summed E-state index contributed by atoms with van der Waals surface area (Å²) in [4.78, 5) is 13.2. The second-order valence-electron chi connectivity index (χ2n) is 4.19. The molecule has 1 aliphatic heterocycles. The Hall–Kier alpha value is -1.62. The van der Waals surface area contributed by atoms with Crippen molar-refractivity contribution in [2.45, 2.75) is 6.92 Å². The van der Waals surface area contributed by atoms with Crippen molar-refractivity contribution in [2.24, 2.45) is 5.92 Å². The second-order valence-corrected chi connectivity index (χ2v) is 4.19. The van der Waals surface area contributed by atoms with Crippen LogP contribution < -0.4 is 9.64 Å². The van der Waals surface area contributed by atoms with Crippen molar-refractivity contribution >= 4 is 11.6 Å². The highest BCUT2D eigenvalue weighted by Gasteiger charge is 2.26. The Bertz CT molecular complexity index is 436. The van der Waals surface area contributed by atoms with Gasteiger partial charge in [0, 0.05) is 19.2 Å². The summed E-state index contributed by atoms with van der Waals surface area (Å²) in [7, 11) is 0. The van der Waals surface area contributed by atoms with Crippen molar-refractivity contribution in [1.29, 1.82) is 0 Å². The van der Waals surface area contributed by atoms with Crippen LogP contribution in [0.25, 0.3) is 0 Å². The first-order chi connectivity index (χ1) is 8.11. The molecule has 0 radical (unpaired) electrons. The van der Waals surface area contributed by atoms with Crippen LogP contribution in [0.4, 0.5) is 10.1 Å². The normalized spacial score (nSPS) is 16.4. The molecule has 4 nitrogen and oxygen atoms in total. The molecule has 0 spiro atoms. The molecule has 1 aliphatic rings. The molecule has 1 atom stereocenters. The summed E-state index contributed by atoms with van der Waals surface area (Å²) >= 11 is 0. The zero-order valence-electron chi connectivity index (χ0n) is 9.52. The van der Waals surface area contributed by atoms with Crippen molar-refractivity contribution in [3.05, 3.63) is 24.0 Å². The van der Waals surface area contributed by atoms with Gasteiger partial charge in [-0.25, -0.2) is 4.39 Å². The van der Waals surface area contributed by atoms with E-state index in [1.54, 1.807) is 0 Å². The molecule has 0 aromatic heterocycles. The minimum atomic E-state index is -0.413. The number of carbonyl (C=O) groups is 1. The molecule has 0 aliphatic carbocycles. The summed E-state index contributed by atoms with van der Waals surface area (Å²) in [6.07, 6.45) is 0. The number of rotatable bonds is 3. The van der Waals surface area contributed by atoms with Crippen LogP contribution in [-0.4, -0.2) is 30.8 Å². The standard InChI is InChI=1S/C12H14FNO3/c1-8(6-15)5-14-10-4-9(13)2-3-11(10)17-7-12(14)16/h2-4,8,15H,5-7H2,1H3. The van der Waals surface area contributed by atoms with Crippen LogP contribution in [0.5, 0.6) is 5.75 Å². The van der Waals surface area contributed by atoms with Crippen molar-refractivity contribution in [3.63, 3.8) is 0 Å². The number of anilines is 1. The van der Waals surface area contributed by atoms with Gasteiger partial charge in [0.2, 0.25) is 0 Å². The minimum absolute atomic E-state index is 0.0186. The van der Waals surface area contributed by atoms with Gasteiger partial charge in [-0.1, -0.05) is 6.92 Å². The average Bonchev–Trinajstić information content (AvgIpc) is 2.32. The Kier molecular flexibility index (Phi) is 3.28. The second kappa shape index (κ2) is 4.71. The number of benzene rings is 1. The van der Waals surface area contributed by atoms with Crippen molar-refractivity contribution in [3.8, 4) is 5.75 Å². The van der Waals surface area contributed by atoms with Crippen molar-refractivity contribution in [1.82, 2.24) is 0 Å². The van der Waals surface area contributed by atoms with Crippen LogP contribution >= 0.6 is 0 Å². The maximum Gasteiger partial charge on any atom is 0.265 e. The minimum Gasteiger partial charge on any atom is -0.482 e. The van der Waals surface area contributed by atoms with Gasteiger partial charge in [0.1, 0.15) is 11.6 Å². The van der Waals surface area contributed by atoms with E-state index in [0.29, 0.717) is 18.0 Å². The fourth-order valence-corrected chi connectivity index (χ4v) is 1.74. The predicted octanol–water partition coefficient (Wildman–Crippen LogP) is 1.18. The molecule has 0 fully saturated rings. The van der Waals surface area contributed by atoms with Gasteiger partial charge in [0.15, 0.2) is 6.61 Å². The first kappa shape index (κ1) is 11.9. The van der Waals surface area contributed by atoms with Crippen LogP contribution in [0.3, 0.4) is 0 Å². The van der Waals surface area contributed by atoms with E-state index in [4.69, 9.17) is 9.84 Å². The lowest BCUT2D eigenvalue weighted by atomic mass is 10.1. The van der Waals surface area contributed by atoms with Crippen LogP contribution in [0.2, 0.25) is 0 Å². The quantitative estimate of drug-likeness (QED) is 0.861. The SMILES string of the molecule is CC(CO)CN1C(=O)COc2ccc(F)cc21. The summed E-state index contributed by atoms with van der Waals surface area (Å²) in [5, 5.41) is 9.01.